The number of fused-ring (bicyclic) bond motifs is 1. The Morgan fingerprint density at radius 3 is 2.35 bits per heavy atom. The lowest BCUT2D eigenvalue weighted by atomic mass is 9.92. The van der Waals surface area contributed by atoms with Crippen molar-refractivity contribution in [2.24, 2.45) is 0 Å². The maximum absolute atomic E-state index is 13.4. The summed E-state index contributed by atoms with van der Waals surface area (Å²) in [5.41, 5.74) is 4.39. The first-order chi connectivity index (χ1) is 16.2. The van der Waals surface area contributed by atoms with E-state index in [4.69, 9.17) is 14.5 Å². The number of hydrogen-bond donors (Lipinski definition) is 0. The molecule has 4 aromatic rings. The predicted octanol–water partition coefficient (Wildman–Crippen LogP) is 6.23. The second-order valence-corrected chi connectivity index (χ2v) is 9.29. The van der Waals surface area contributed by atoms with Crippen molar-refractivity contribution < 1.29 is 18.7 Å². The predicted molar refractivity (Wildman–Crippen MR) is 131 cm³/mol. The van der Waals surface area contributed by atoms with Crippen LogP contribution in [0.4, 0.5) is 4.39 Å². The van der Waals surface area contributed by atoms with Gasteiger partial charge in [-0.15, -0.1) is 0 Å². The first kappa shape index (κ1) is 23.6. The number of ether oxygens (including phenoxy) is 2. The molecule has 2 heterocycles. The Morgan fingerprint density at radius 2 is 1.74 bits per heavy atom. The van der Waals surface area contributed by atoms with Crippen molar-refractivity contribution in [2.75, 3.05) is 7.11 Å². The van der Waals surface area contributed by atoms with Crippen molar-refractivity contribution in [1.82, 2.24) is 9.55 Å². The summed E-state index contributed by atoms with van der Waals surface area (Å²) in [6.07, 6.45) is 1.03. The van der Waals surface area contributed by atoms with E-state index in [0.717, 1.165) is 27.7 Å². The Kier molecular flexibility index (Phi) is 6.53. The quantitative estimate of drug-likeness (QED) is 0.320. The van der Waals surface area contributed by atoms with Crippen molar-refractivity contribution in [3.05, 3.63) is 89.5 Å². The van der Waals surface area contributed by atoms with Gasteiger partial charge in [0.25, 0.3) is 0 Å². The van der Waals surface area contributed by atoms with E-state index in [2.05, 4.69) is 0 Å². The Balaban J connectivity index is 1.95. The summed E-state index contributed by atoms with van der Waals surface area (Å²) in [5.74, 6) is -0.735. The normalized spacial score (nSPS) is 12.6. The summed E-state index contributed by atoms with van der Waals surface area (Å²) in [7, 11) is 1.37. The van der Waals surface area contributed by atoms with Crippen LogP contribution in [0, 0.1) is 12.7 Å². The fourth-order valence-electron chi connectivity index (χ4n) is 4.17. The van der Waals surface area contributed by atoms with Gasteiger partial charge in [0.1, 0.15) is 11.5 Å². The molecule has 1 atom stereocenters. The van der Waals surface area contributed by atoms with Crippen LogP contribution in [0.1, 0.15) is 43.7 Å². The second kappa shape index (κ2) is 9.39. The van der Waals surface area contributed by atoms with Gasteiger partial charge in [0.05, 0.1) is 12.7 Å². The summed E-state index contributed by atoms with van der Waals surface area (Å²) in [5, 5.41) is 0.903. The lowest BCUT2D eigenvalue weighted by Gasteiger charge is -2.28. The van der Waals surface area contributed by atoms with Crippen LogP contribution in [-0.2, 0) is 20.8 Å². The van der Waals surface area contributed by atoms with Crippen LogP contribution in [0.25, 0.3) is 22.2 Å². The largest absolute Gasteiger partial charge is 0.467 e. The van der Waals surface area contributed by atoms with Gasteiger partial charge in [-0.3, -0.25) is 0 Å². The van der Waals surface area contributed by atoms with Crippen LogP contribution >= 0.6 is 0 Å². The molecule has 0 spiro atoms. The fourth-order valence-corrected chi connectivity index (χ4v) is 4.17. The zero-order chi connectivity index (χ0) is 24.5. The molecule has 0 fully saturated rings. The number of benzene rings is 2. The van der Waals surface area contributed by atoms with E-state index in [0.29, 0.717) is 17.8 Å². The summed E-state index contributed by atoms with van der Waals surface area (Å²) >= 11 is 0. The Morgan fingerprint density at radius 1 is 1.06 bits per heavy atom. The molecule has 0 aliphatic carbocycles. The molecule has 34 heavy (non-hydrogen) atoms. The number of halogens is 1. The number of nitrogens with zero attached hydrogens (tertiary/aromatic N) is 2. The van der Waals surface area contributed by atoms with E-state index >= 15 is 0 Å². The van der Waals surface area contributed by atoms with Crippen LogP contribution in [-0.4, -0.2) is 28.2 Å². The van der Waals surface area contributed by atoms with E-state index < -0.39 is 17.7 Å². The molecule has 0 radical (unpaired) electrons. The van der Waals surface area contributed by atoms with E-state index in [1.165, 1.54) is 19.2 Å². The van der Waals surface area contributed by atoms with Crippen molar-refractivity contribution >= 4 is 17.0 Å². The summed E-state index contributed by atoms with van der Waals surface area (Å²) in [6, 6.07) is 18.4. The number of hydrogen-bond acceptors (Lipinski definition) is 4. The topological polar surface area (TPSA) is 53.4 Å². The molecule has 1 unspecified atom stereocenters. The minimum atomic E-state index is -0.933. The number of esters is 1. The average molecular weight is 461 g/mol. The maximum atomic E-state index is 13.4. The van der Waals surface area contributed by atoms with Crippen LogP contribution in [0.5, 0.6) is 0 Å². The number of aromatic nitrogens is 2. The van der Waals surface area contributed by atoms with Crippen molar-refractivity contribution in [2.45, 2.75) is 45.9 Å². The number of methoxy groups -OCH3 is 1. The minimum Gasteiger partial charge on any atom is -0.467 e. The highest BCUT2D eigenvalue weighted by Crippen LogP contribution is 2.40. The van der Waals surface area contributed by atoms with Gasteiger partial charge >= 0.3 is 5.97 Å². The zero-order valence-electron chi connectivity index (χ0n) is 20.1. The zero-order valence-corrected chi connectivity index (χ0v) is 20.1. The van der Waals surface area contributed by atoms with Gasteiger partial charge in [-0.1, -0.05) is 42.5 Å². The number of rotatable bonds is 6. The molecule has 0 aliphatic heterocycles. The standard InChI is InChI=1S/C28H29FN2O3/c1-18-23(25(27(32)33-5)34-28(2,3)4)24(20-9-7-6-8-10-20)22-15-16-31(26(22)30-18)17-19-11-13-21(29)14-12-19/h6-16,25H,17H2,1-5H3. The molecule has 2 aromatic carbocycles. The fraction of sp³-hybridized carbons (Fsp3) is 0.286. The van der Waals surface area contributed by atoms with E-state index in [1.807, 2.05) is 74.9 Å². The van der Waals surface area contributed by atoms with Gasteiger partial charge in [0, 0.05) is 34.9 Å². The average Bonchev–Trinajstić information content (AvgIpc) is 3.19. The Labute approximate surface area is 199 Å². The number of aryl methyl sites for hydroxylation is 1. The number of carbonyl (C=O) groups excluding carboxylic acids is 1. The highest BCUT2D eigenvalue weighted by Gasteiger charge is 2.33. The highest BCUT2D eigenvalue weighted by atomic mass is 19.1. The van der Waals surface area contributed by atoms with Gasteiger partial charge in [-0.25, -0.2) is 14.2 Å². The third-order valence-electron chi connectivity index (χ3n) is 5.61. The van der Waals surface area contributed by atoms with Gasteiger partial charge in [-0.2, -0.15) is 0 Å². The summed E-state index contributed by atoms with van der Waals surface area (Å²) in [4.78, 5) is 17.8. The van der Waals surface area contributed by atoms with E-state index in [-0.39, 0.29) is 5.82 Å². The van der Waals surface area contributed by atoms with Gasteiger partial charge < -0.3 is 14.0 Å². The smallest absolute Gasteiger partial charge is 0.339 e. The molecular weight excluding hydrogens is 431 g/mol. The maximum Gasteiger partial charge on any atom is 0.339 e. The van der Waals surface area contributed by atoms with Crippen molar-refractivity contribution in [3.8, 4) is 11.1 Å². The van der Waals surface area contributed by atoms with Crippen LogP contribution in [0.3, 0.4) is 0 Å². The molecule has 0 bridgehead atoms. The molecule has 0 N–H and O–H groups in total. The second-order valence-electron chi connectivity index (χ2n) is 9.29. The monoisotopic (exact) mass is 460 g/mol. The minimum absolute atomic E-state index is 0.265. The summed E-state index contributed by atoms with van der Waals surface area (Å²) < 4.78 is 26.8. The molecule has 6 heteroatoms. The highest BCUT2D eigenvalue weighted by molar-refractivity contribution is 5.98. The lowest BCUT2D eigenvalue weighted by Crippen LogP contribution is -2.29. The lowest BCUT2D eigenvalue weighted by molar-refractivity contribution is -0.164. The van der Waals surface area contributed by atoms with Crippen LogP contribution in [0.15, 0.2) is 66.9 Å². The molecule has 4 rings (SSSR count). The molecule has 0 aliphatic rings. The SMILES string of the molecule is COC(=O)C(OC(C)(C)C)c1c(C)nc2c(ccn2Cc2ccc(F)cc2)c1-c1ccccc1. The number of carbonyl (C=O) groups is 1. The molecular formula is C28H29FN2O3. The third kappa shape index (κ3) is 4.87. The first-order valence-corrected chi connectivity index (χ1v) is 11.2. The van der Waals surface area contributed by atoms with Gasteiger partial charge in [-0.05, 0) is 57.0 Å². The molecule has 0 amide bonds. The Bertz CT molecular complexity index is 1310. The van der Waals surface area contributed by atoms with Gasteiger partial charge in [0.15, 0.2) is 6.10 Å². The van der Waals surface area contributed by atoms with Gasteiger partial charge in [0.2, 0.25) is 0 Å². The van der Waals surface area contributed by atoms with Crippen molar-refractivity contribution in [1.29, 1.82) is 0 Å². The molecule has 2 aromatic heterocycles. The number of pyridine rings is 1. The molecule has 176 valence electrons. The van der Waals surface area contributed by atoms with E-state index in [9.17, 15) is 9.18 Å². The van der Waals surface area contributed by atoms with E-state index in [1.54, 1.807) is 12.1 Å². The van der Waals surface area contributed by atoms with Crippen LogP contribution < -0.4 is 0 Å². The molecule has 5 nitrogen and oxygen atoms in total. The molecule has 0 saturated heterocycles. The van der Waals surface area contributed by atoms with Crippen molar-refractivity contribution in [3.63, 3.8) is 0 Å². The third-order valence-corrected chi connectivity index (χ3v) is 5.61. The molecule has 0 saturated carbocycles. The Hall–Kier alpha value is -3.51. The van der Waals surface area contributed by atoms with Crippen LogP contribution in [0.2, 0.25) is 0 Å². The summed E-state index contributed by atoms with van der Waals surface area (Å²) in [6.45, 7) is 8.16. The first-order valence-electron chi connectivity index (χ1n) is 11.2.